The Hall–Kier alpha value is -0.730. The molecule has 3 heteroatoms. The number of halogens is 1. The van der Waals surface area contributed by atoms with Crippen molar-refractivity contribution in [2.45, 2.75) is 58.1 Å². The van der Waals surface area contributed by atoms with Gasteiger partial charge in [-0.3, -0.25) is 0 Å². The highest BCUT2D eigenvalue weighted by Crippen LogP contribution is 2.32. The Morgan fingerprint density at radius 2 is 1.95 bits per heavy atom. The topological polar surface area (TPSA) is 21.3 Å². The van der Waals surface area contributed by atoms with E-state index in [-0.39, 0.29) is 0 Å². The van der Waals surface area contributed by atoms with E-state index in [0.29, 0.717) is 6.10 Å². The molecule has 1 fully saturated rings. The van der Waals surface area contributed by atoms with Crippen LogP contribution in [0.2, 0.25) is 5.02 Å². The van der Waals surface area contributed by atoms with E-state index in [4.69, 9.17) is 16.3 Å². The first-order chi connectivity index (χ1) is 9.31. The summed E-state index contributed by atoms with van der Waals surface area (Å²) in [7, 11) is 0. The third-order valence-electron chi connectivity index (χ3n) is 3.70. The highest BCUT2D eigenvalue weighted by molar-refractivity contribution is 6.32. The molecule has 0 bridgehead atoms. The van der Waals surface area contributed by atoms with Gasteiger partial charge < -0.3 is 10.1 Å². The summed E-state index contributed by atoms with van der Waals surface area (Å²) in [4.78, 5) is 0. The third kappa shape index (κ3) is 4.39. The smallest absolute Gasteiger partial charge is 0.142 e. The number of nitrogens with one attached hydrogen (secondary N) is 1. The second-order valence-corrected chi connectivity index (χ2v) is 5.65. The molecule has 1 saturated carbocycles. The van der Waals surface area contributed by atoms with Crippen LogP contribution < -0.4 is 10.1 Å². The molecule has 1 aliphatic rings. The first kappa shape index (κ1) is 14.7. The van der Waals surface area contributed by atoms with Gasteiger partial charge in [-0.05, 0) is 38.3 Å². The average Bonchev–Trinajstić information content (AvgIpc) is 2.68. The van der Waals surface area contributed by atoms with Crippen LogP contribution in [0, 0.1) is 0 Å². The molecule has 1 aromatic rings. The van der Waals surface area contributed by atoms with Crippen LogP contribution in [0.15, 0.2) is 18.2 Å². The Labute approximate surface area is 121 Å². The SMILES string of the molecule is CCNCc1cccc(Cl)c1OC1CCCCCC1. The van der Waals surface area contributed by atoms with Gasteiger partial charge in [0, 0.05) is 12.1 Å². The largest absolute Gasteiger partial charge is 0.489 e. The van der Waals surface area contributed by atoms with Crippen molar-refractivity contribution in [3.05, 3.63) is 28.8 Å². The second kappa shape index (κ2) is 7.76. The Bertz CT molecular complexity index is 386. The van der Waals surface area contributed by atoms with E-state index < -0.39 is 0 Å². The second-order valence-electron chi connectivity index (χ2n) is 5.24. The molecule has 0 saturated heterocycles. The van der Waals surface area contributed by atoms with E-state index in [9.17, 15) is 0 Å². The van der Waals surface area contributed by atoms with E-state index in [1.807, 2.05) is 12.1 Å². The minimum atomic E-state index is 0.336. The van der Waals surface area contributed by atoms with Crippen LogP contribution >= 0.6 is 11.6 Å². The molecule has 0 amide bonds. The fourth-order valence-corrected chi connectivity index (χ4v) is 2.85. The predicted octanol–water partition coefficient (Wildman–Crippen LogP) is 4.55. The van der Waals surface area contributed by atoms with Gasteiger partial charge in [0.2, 0.25) is 0 Å². The van der Waals surface area contributed by atoms with Crippen LogP contribution in [-0.4, -0.2) is 12.6 Å². The van der Waals surface area contributed by atoms with Crippen LogP contribution in [-0.2, 0) is 6.54 Å². The minimum absolute atomic E-state index is 0.336. The summed E-state index contributed by atoms with van der Waals surface area (Å²) in [6.07, 6.45) is 7.88. The van der Waals surface area contributed by atoms with Gasteiger partial charge in [0.1, 0.15) is 5.75 Å². The number of benzene rings is 1. The molecule has 0 aromatic heterocycles. The zero-order valence-corrected chi connectivity index (χ0v) is 12.5. The number of hydrogen-bond acceptors (Lipinski definition) is 2. The van der Waals surface area contributed by atoms with Gasteiger partial charge in [-0.25, -0.2) is 0 Å². The molecule has 19 heavy (non-hydrogen) atoms. The lowest BCUT2D eigenvalue weighted by molar-refractivity contribution is 0.182. The number of hydrogen-bond donors (Lipinski definition) is 1. The summed E-state index contributed by atoms with van der Waals surface area (Å²) < 4.78 is 6.22. The van der Waals surface area contributed by atoms with E-state index in [0.717, 1.165) is 36.7 Å². The fourth-order valence-electron chi connectivity index (χ4n) is 2.61. The molecule has 2 rings (SSSR count). The van der Waals surface area contributed by atoms with Crippen molar-refractivity contribution >= 4 is 11.6 Å². The molecular weight excluding hydrogens is 258 g/mol. The van der Waals surface area contributed by atoms with Gasteiger partial charge in [-0.15, -0.1) is 0 Å². The molecule has 0 heterocycles. The first-order valence-electron chi connectivity index (χ1n) is 7.46. The van der Waals surface area contributed by atoms with Gasteiger partial charge >= 0.3 is 0 Å². The monoisotopic (exact) mass is 281 g/mol. The Kier molecular flexibility index (Phi) is 5.99. The Balaban J connectivity index is 2.08. The summed E-state index contributed by atoms with van der Waals surface area (Å²) in [5, 5.41) is 4.08. The molecule has 1 aliphatic carbocycles. The van der Waals surface area contributed by atoms with Crippen molar-refractivity contribution in [2.24, 2.45) is 0 Å². The van der Waals surface area contributed by atoms with Crippen LogP contribution in [0.3, 0.4) is 0 Å². The standard InChI is InChI=1S/C16H24ClNO/c1-2-18-12-13-8-7-11-15(17)16(13)19-14-9-5-3-4-6-10-14/h7-8,11,14,18H,2-6,9-10,12H2,1H3. The van der Waals surface area contributed by atoms with Crippen molar-refractivity contribution in [3.8, 4) is 5.75 Å². The van der Waals surface area contributed by atoms with Crippen molar-refractivity contribution in [3.63, 3.8) is 0 Å². The highest BCUT2D eigenvalue weighted by atomic mass is 35.5. The fraction of sp³-hybridized carbons (Fsp3) is 0.625. The quantitative estimate of drug-likeness (QED) is 0.800. The molecule has 0 unspecified atom stereocenters. The van der Waals surface area contributed by atoms with Gasteiger partial charge in [-0.1, -0.05) is 43.5 Å². The van der Waals surface area contributed by atoms with Gasteiger partial charge in [0.05, 0.1) is 11.1 Å². The molecule has 1 N–H and O–H groups in total. The molecule has 106 valence electrons. The molecular formula is C16H24ClNO. The Morgan fingerprint density at radius 1 is 1.21 bits per heavy atom. The summed E-state index contributed by atoms with van der Waals surface area (Å²) in [5.41, 5.74) is 1.17. The molecule has 0 atom stereocenters. The maximum atomic E-state index is 6.32. The number of ether oxygens (including phenoxy) is 1. The lowest BCUT2D eigenvalue weighted by atomic mass is 10.1. The zero-order chi connectivity index (χ0) is 13.5. The molecule has 0 spiro atoms. The lowest BCUT2D eigenvalue weighted by Crippen LogP contribution is -2.18. The van der Waals surface area contributed by atoms with Crippen LogP contribution in [0.25, 0.3) is 0 Å². The van der Waals surface area contributed by atoms with Gasteiger partial charge in [-0.2, -0.15) is 0 Å². The van der Waals surface area contributed by atoms with E-state index in [1.54, 1.807) is 0 Å². The van der Waals surface area contributed by atoms with Crippen molar-refractivity contribution in [2.75, 3.05) is 6.54 Å². The van der Waals surface area contributed by atoms with Gasteiger partial charge in [0.25, 0.3) is 0 Å². The van der Waals surface area contributed by atoms with Crippen molar-refractivity contribution in [1.29, 1.82) is 0 Å². The maximum absolute atomic E-state index is 6.32. The normalized spacial score (nSPS) is 17.2. The molecule has 0 radical (unpaired) electrons. The van der Waals surface area contributed by atoms with Crippen molar-refractivity contribution < 1.29 is 4.74 Å². The predicted molar refractivity (Wildman–Crippen MR) is 81.0 cm³/mol. The lowest BCUT2D eigenvalue weighted by Gasteiger charge is -2.20. The third-order valence-corrected chi connectivity index (χ3v) is 4.00. The maximum Gasteiger partial charge on any atom is 0.142 e. The van der Waals surface area contributed by atoms with Crippen LogP contribution in [0.5, 0.6) is 5.75 Å². The molecule has 1 aromatic carbocycles. The summed E-state index contributed by atoms with van der Waals surface area (Å²) in [6, 6.07) is 6.01. The molecule has 2 nitrogen and oxygen atoms in total. The first-order valence-corrected chi connectivity index (χ1v) is 7.84. The average molecular weight is 282 g/mol. The molecule has 0 aliphatic heterocycles. The van der Waals surface area contributed by atoms with Gasteiger partial charge in [0.15, 0.2) is 0 Å². The number of rotatable bonds is 5. The summed E-state index contributed by atoms with van der Waals surface area (Å²) in [6.45, 7) is 3.88. The van der Waals surface area contributed by atoms with E-state index >= 15 is 0 Å². The van der Waals surface area contributed by atoms with Crippen LogP contribution in [0.1, 0.15) is 51.0 Å². The Morgan fingerprint density at radius 3 is 2.63 bits per heavy atom. The van der Waals surface area contributed by atoms with E-state index in [2.05, 4.69) is 18.3 Å². The summed E-state index contributed by atoms with van der Waals surface area (Å²) >= 11 is 6.32. The highest BCUT2D eigenvalue weighted by Gasteiger charge is 2.17. The minimum Gasteiger partial charge on any atom is -0.489 e. The van der Waals surface area contributed by atoms with Crippen molar-refractivity contribution in [1.82, 2.24) is 5.32 Å². The number of para-hydroxylation sites is 1. The van der Waals surface area contributed by atoms with Crippen LogP contribution in [0.4, 0.5) is 0 Å². The zero-order valence-electron chi connectivity index (χ0n) is 11.8. The summed E-state index contributed by atoms with van der Waals surface area (Å²) in [5.74, 6) is 0.886. The van der Waals surface area contributed by atoms with E-state index in [1.165, 1.54) is 31.2 Å².